The van der Waals surface area contributed by atoms with Crippen LogP contribution >= 0.6 is 11.6 Å². The van der Waals surface area contributed by atoms with Gasteiger partial charge in [-0.15, -0.1) is 0 Å². The van der Waals surface area contributed by atoms with Crippen LogP contribution in [0.3, 0.4) is 0 Å². The lowest BCUT2D eigenvalue weighted by Crippen LogP contribution is -2.25. The Bertz CT molecular complexity index is 333. The summed E-state index contributed by atoms with van der Waals surface area (Å²) in [5.74, 6) is -0.796. The third kappa shape index (κ3) is 2.73. The van der Waals surface area contributed by atoms with E-state index in [-0.39, 0.29) is 0 Å². The average molecular weight is 217 g/mol. The number of aliphatic carboxylic acids is 1. The lowest BCUT2D eigenvalue weighted by atomic mass is 9.90. The molecule has 1 aromatic heterocycles. The fourth-order valence-electron chi connectivity index (χ4n) is 0.962. The van der Waals surface area contributed by atoms with E-state index in [1.54, 1.807) is 24.7 Å². The van der Waals surface area contributed by atoms with E-state index >= 15 is 0 Å². The third-order valence-corrected chi connectivity index (χ3v) is 2.34. The van der Waals surface area contributed by atoms with Gasteiger partial charge in [0.15, 0.2) is 0 Å². The highest BCUT2D eigenvalue weighted by Gasteiger charge is 2.26. The molecule has 0 fully saturated rings. The zero-order chi connectivity index (χ0) is 10.8. The van der Waals surface area contributed by atoms with Crippen molar-refractivity contribution in [3.05, 3.63) is 17.4 Å². The minimum absolute atomic E-state index is 0.528. The van der Waals surface area contributed by atoms with E-state index in [9.17, 15) is 4.79 Å². The molecule has 1 aromatic rings. The van der Waals surface area contributed by atoms with Gasteiger partial charge >= 0.3 is 5.97 Å². The number of carboxylic acid groups (broad SMARTS) is 1. The smallest absolute Gasteiger partial charge is 0.309 e. The van der Waals surface area contributed by atoms with E-state index < -0.39 is 11.4 Å². The first-order chi connectivity index (χ1) is 6.42. The maximum atomic E-state index is 10.8. The average Bonchev–Trinajstić information content (AvgIpc) is 2.48. The van der Waals surface area contributed by atoms with Gasteiger partial charge in [-0.1, -0.05) is 11.6 Å². The second-order valence-electron chi connectivity index (χ2n) is 3.86. The summed E-state index contributed by atoms with van der Waals surface area (Å²) in [6, 6.07) is 0. The molecule has 0 aromatic carbocycles. The van der Waals surface area contributed by atoms with Crippen molar-refractivity contribution in [1.82, 2.24) is 9.78 Å². The first-order valence-electron chi connectivity index (χ1n) is 4.33. The molecule has 0 saturated carbocycles. The van der Waals surface area contributed by atoms with Gasteiger partial charge in [0.1, 0.15) is 0 Å². The molecule has 4 nitrogen and oxygen atoms in total. The number of rotatable bonds is 4. The zero-order valence-corrected chi connectivity index (χ0v) is 8.95. The van der Waals surface area contributed by atoms with Crippen LogP contribution < -0.4 is 0 Å². The van der Waals surface area contributed by atoms with Crippen molar-refractivity contribution in [3.8, 4) is 0 Å². The number of nitrogens with zero attached hydrogens (tertiary/aromatic N) is 2. The maximum absolute atomic E-state index is 10.8. The number of aromatic nitrogens is 2. The van der Waals surface area contributed by atoms with E-state index in [0.717, 1.165) is 0 Å². The van der Waals surface area contributed by atoms with Crippen molar-refractivity contribution in [2.75, 3.05) is 0 Å². The molecular formula is C9H13ClN2O2. The quantitative estimate of drug-likeness (QED) is 0.838. The minimum atomic E-state index is -0.796. The molecule has 0 atom stereocenters. The summed E-state index contributed by atoms with van der Waals surface area (Å²) < 4.78 is 1.65. The summed E-state index contributed by atoms with van der Waals surface area (Å²) in [6.45, 7) is 3.95. The Morgan fingerprint density at radius 1 is 1.71 bits per heavy atom. The van der Waals surface area contributed by atoms with Gasteiger partial charge in [0.2, 0.25) is 0 Å². The van der Waals surface area contributed by atoms with Gasteiger partial charge < -0.3 is 5.11 Å². The highest BCUT2D eigenvalue weighted by atomic mass is 35.5. The molecule has 0 aliphatic rings. The number of halogens is 1. The van der Waals surface area contributed by atoms with E-state index in [0.29, 0.717) is 18.0 Å². The highest BCUT2D eigenvalue weighted by molar-refractivity contribution is 6.30. The molecule has 78 valence electrons. The van der Waals surface area contributed by atoms with Crippen molar-refractivity contribution in [3.63, 3.8) is 0 Å². The second kappa shape index (κ2) is 4.00. The van der Waals surface area contributed by atoms with Gasteiger partial charge in [0, 0.05) is 12.7 Å². The molecule has 0 unspecified atom stereocenters. The Labute approximate surface area is 87.5 Å². The molecule has 1 N–H and O–H groups in total. The fraction of sp³-hybridized carbons (Fsp3) is 0.556. The Kier molecular flexibility index (Phi) is 3.16. The molecule has 0 saturated heterocycles. The Morgan fingerprint density at radius 3 is 2.79 bits per heavy atom. The number of carboxylic acids is 1. The lowest BCUT2D eigenvalue weighted by Gasteiger charge is -2.18. The monoisotopic (exact) mass is 216 g/mol. The molecule has 0 amide bonds. The fourth-order valence-corrected chi connectivity index (χ4v) is 1.12. The van der Waals surface area contributed by atoms with Gasteiger partial charge in [-0.3, -0.25) is 9.48 Å². The van der Waals surface area contributed by atoms with Crippen molar-refractivity contribution < 1.29 is 9.90 Å². The molecule has 14 heavy (non-hydrogen) atoms. The van der Waals surface area contributed by atoms with Crippen molar-refractivity contribution in [2.45, 2.75) is 26.8 Å². The standard InChI is InChI=1S/C9H13ClN2O2/c1-9(2,8(13)14)3-4-12-6-7(10)5-11-12/h5-6H,3-4H2,1-2H3,(H,13,14). The molecule has 0 spiro atoms. The summed E-state index contributed by atoms with van der Waals surface area (Å²) >= 11 is 5.67. The molecule has 0 aliphatic carbocycles. The summed E-state index contributed by atoms with van der Waals surface area (Å²) in [5, 5.41) is 13.4. The van der Waals surface area contributed by atoms with E-state index in [4.69, 9.17) is 16.7 Å². The largest absolute Gasteiger partial charge is 0.481 e. The molecule has 0 radical (unpaired) electrons. The van der Waals surface area contributed by atoms with Crippen LogP contribution in [0, 0.1) is 5.41 Å². The number of hydrogen-bond acceptors (Lipinski definition) is 2. The predicted molar refractivity (Wildman–Crippen MR) is 53.3 cm³/mol. The van der Waals surface area contributed by atoms with Crippen LogP contribution in [0.2, 0.25) is 5.02 Å². The predicted octanol–water partition coefficient (Wildman–Crippen LogP) is 2.04. The zero-order valence-electron chi connectivity index (χ0n) is 8.20. The van der Waals surface area contributed by atoms with Crippen molar-refractivity contribution in [1.29, 1.82) is 0 Å². The first-order valence-corrected chi connectivity index (χ1v) is 4.71. The van der Waals surface area contributed by atoms with Gasteiger partial charge in [-0.05, 0) is 20.3 Å². The normalized spacial score (nSPS) is 11.6. The van der Waals surface area contributed by atoms with Crippen LogP contribution in [-0.4, -0.2) is 20.9 Å². The van der Waals surface area contributed by atoms with E-state index in [1.165, 1.54) is 6.20 Å². The van der Waals surface area contributed by atoms with Crippen LogP contribution in [0.15, 0.2) is 12.4 Å². The molecule has 1 rings (SSSR count). The van der Waals surface area contributed by atoms with Crippen molar-refractivity contribution >= 4 is 17.6 Å². The van der Waals surface area contributed by atoms with Crippen molar-refractivity contribution in [2.24, 2.45) is 5.41 Å². The number of hydrogen-bond donors (Lipinski definition) is 1. The summed E-state index contributed by atoms with van der Waals surface area (Å²) in [4.78, 5) is 10.8. The topological polar surface area (TPSA) is 55.1 Å². The Balaban J connectivity index is 2.52. The first kappa shape index (κ1) is 11.0. The summed E-state index contributed by atoms with van der Waals surface area (Å²) in [7, 11) is 0. The van der Waals surface area contributed by atoms with E-state index in [2.05, 4.69) is 5.10 Å². The SMILES string of the molecule is CC(C)(CCn1cc(Cl)cn1)C(=O)O. The molecule has 1 heterocycles. The summed E-state index contributed by atoms with van der Waals surface area (Å²) in [6.07, 6.45) is 3.75. The van der Waals surface area contributed by atoms with Gasteiger partial charge in [0.05, 0.1) is 16.6 Å². The second-order valence-corrected chi connectivity index (χ2v) is 4.30. The van der Waals surface area contributed by atoms with Crippen LogP contribution in [0.1, 0.15) is 20.3 Å². The Morgan fingerprint density at radius 2 is 2.36 bits per heavy atom. The van der Waals surface area contributed by atoms with Crippen LogP contribution in [0.5, 0.6) is 0 Å². The Hall–Kier alpha value is -1.03. The molecule has 0 aliphatic heterocycles. The minimum Gasteiger partial charge on any atom is -0.481 e. The molecule has 5 heteroatoms. The van der Waals surface area contributed by atoms with Gasteiger partial charge in [0.25, 0.3) is 0 Å². The number of aryl methyl sites for hydroxylation is 1. The van der Waals surface area contributed by atoms with Gasteiger partial charge in [-0.25, -0.2) is 0 Å². The van der Waals surface area contributed by atoms with Gasteiger partial charge in [-0.2, -0.15) is 5.10 Å². The third-order valence-electron chi connectivity index (χ3n) is 2.15. The number of carbonyl (C=O) groups is 1. The van der Waals surface area contributed by atoms with Crippen LogP contribution in [-0.2, 0) is 11.3 Å². The van der Waals surface area contributed by atoms with E-state index in [1.807, 2.05) is 0 Å². The maximum Gasteiger partial charge on any atom is 0.309 e. The molecular weight excluding hydrogens is 204 g/mol. The lowest BCUT2D eigenvalue weighted by molar-refractivity contribution is -0.147. The van der Waals surface area contributed by atoms with Crippen LogP contribution in [0.4, 0.5) is 0 Å². The highest BCUT2D eigenvalue weighted by Crippen LogP contribution is 2.21. The van der Waals surface area contributed by atoms with Crippen LogP contribution in [0.25, 0.3) is 0 Å². The molecule has 0 bridgehead atoms. The summed E-state index contributed by atoms with van der Waals surface area (Å²) in [5.41, 5.74) is -0.724.